The van der Waals surface area contributed by atoms with Gasteiger partial charge in [0.1, 0.15) is 5.82 Å². The van der Waals surface area contributed by atoms with E-state index in [9.17, 15) is 4.39 Å². The molecule has 13 heavy (non-hydrogen) atoms. The van der Waals surface area contributed by atoms with Crippen LogP contribution in [0.4, 0.5) is 4.39 Å². The van der Waals surface area contributed by atoms with E-state index >= 15 is 0 Å². The predicted octanol–water partition coefficient (Wildman–Crippen LogP) is 1.17. The molecule has 0 amide bonds. The first kappa shape index (κ1) is 8.19. The molecule has 0 aliphatic carbocycles. The molecule has 0 aliphatic rings. The maximum atomic E-state index is 13.3. The summed E-state index contributed by atoms with van der Waals surface area (Å²) in [6.45, 7) is 0.207. The number of hydrogen-bond donors (Lipinski definition) is 1. The Morgan fingerprint density at radius 3 is 3.00 bits per heavy atom. The number of aromatic nitrogens is 2. The molecule has 2 N–H and O–H groups in total. The molecule has 0 aliphatic heterocycles. The monoisotopic (exact) mass is 179 g/mol. The smallest absolute Gasteiger partial charge is 0.129 e. The number of benzene rings is 1. The standard InChI is InChI=1S/C9H10FN3/c1-13-5-12-8-2-6(4-11)7(10)3-9(8)13/h2-3,5H,4,11H2,1H3. The molecule has 2 aromatic rings. The summed E-state index contributed by atoms with van der Waals surface area (Å²) in [4.78, 5) is 4.11. The first-order valence-electron chi connectivity index (χ1n) is 4.02. The number of nitrogens with two attached hydrogens (primary N) is 1. The average Bonchev–Trinajstić information content (AvgIpc) is 2.47. The first-order valence-corrected chi connectivity index (χ1v) is 4.02. The molecule has 68 valence electrons. The van der Waals surface area contributed by atoms with Gasteiger partial charge in [0.15, 0.2) is 0 Å². The van der Waals surface area contributed by atoms with Gasteiger partial charge in [0.05, 0.1) is 17.4 Å². The van der Waals surface area contributed by atoms with Crippen molar-refractivity contribution >= 4 is 11.0 Å². The molecule has 3 nitrogen and oxygen atoms in total. The Balaban J connectivity index is 2.76. The van der Waals surface area contributed by atoms with Crippen molar-refractivity contribution in [3.63, 3.8) is 0 Å². The molecule has 4 heteroatoms. The molecule has 1 aromatic carbocycles. The van der Waals surface area contributed by atoms with Gasteiger partial charge in [-0.2, -0.15) is 0 Å². The lowest BCUT2D eigenvalue weighted by molar-refractivity contribution is 0.612. The van der Waals surface area contributed by atoms with E-state index < -0.39 is 0 Å². The molecule has 0 saturated heterocycles. The number of imidazole rings is 1. The SMILES string of the molecule is Cn1cnc2cc(CN)c(F)cc21. The van der Waals surface area contributed by atoms with E-state index in [1.54, 1.807) is 17.0 Å². The van der Waals surface area contributed by atoms with E-state index in [0.717, 1.165) is 11.0 Å². The van der Waals surface area contributed by atoms with Gasteiger partial charge in [-0.05, 0) is 6.07 Å². The van der Waals surface area contributed by atoms with Crippen LogP contribution in [-0.2, 0) is 13.6 Å². The maximum absolute atomic E-state index is 13.3. The van der Waals surface area contributed by atoms with Crippen molar-refractivity contribution in [2.45, 2.75) is 6.54 Å². The summed E-state index contributed by atoms with van der Waals surface area (Å²) in [5.74, 6) is -0.265. The number of aryl methyl sites for hydroxylation is 1. The summed E-state index contributed by atoms with van der Waals surface area (Å²) in [5.41, 5.74) is 7.45. The van der Waals surface area contributed by atoms with Crippen molar-refractivity contribution in [1.82, 2.24) is 9.55 Å². The van der Waals surface area contributed by atoms with Crippen molar-refractivity contribution in [3.05, 3.63) is 29.8 Å². The van der Waals surface area contributed by atoms with Crippen LogP contribution in [0, 0.1) is 5.82 Å². The summed E-state index contributed by atoms with van der Waals surface area (Å²) in [5, 5.41) is 0. The molecular formula is C9H10FN3. The topological polar surface area (TPSA) is 43.8 Å². The van der Waals surface area contributed by atoms with Gasteiger partial charge >= 0.3 is 0 Å². The highest BCUT2D eigenvalue weighted by Gasteiger charge is 2.05. The zero-order chi connectivity index (χ0) is 9.42. The molecule has 0 saturated carbocycles. The van der Waals surface area contributed by atoms with Crippen LogP contribution in [0.15, 0.2) is 18.5 Å². The Bertz CT molecular complexity index is 447. The Labute approximate surface area is 75.0 Å². The van der Waals surface area contributed by atoms with Crippen molar-refractivity contribution in [2.75, 3.05) is 0 Å². The summed E-state index contributed by atoms with van der Waals surface area (Å²) in [7, 11) is 1.83. The Kier molecular flexibility index (Phi) is 1.77. The zero-order valence-electron chi connectivity index (χ0n) is 7.29. The maximum Gasteiger partial charge on any atom is 0.129 e. The third kappa shape index (κ3) is 1.19. The van der Waals surface area contributed by atoms with Crippen LogP contribution in [0.2, 0.25) is 0 Å². The molecule has 0 radical (unpaired) electrons. The number of halogens is 1. The van der Waals surface area contributed by atoms with E-state index in [0.29, 0.717) is 5.56 Å². The van der Waals surface area contributed by atoms with Gasteiger partial charge in [-0.25, -0.2) is 9.37 Å². The number of rotatable bonds is 1. The fourth-order valence-electron chi connectivity index (χ4n) is 1.35. The molecule has 1 heterocycles. The van der Waals surface area contributed by atoms with Crippen LogP contribution >= 0.6 is 0 Å². The third-order valence-corrected chi connectivity index (χ3v) is 2.11. The molecule has 0 fully saturated rings. The molecule has 0 spiro atoms. The minimum absolute atomic E-state index is 0.207. The minimum atomic E-state index is -0.265. The normalized spacial score (nSPS) is 11.0. The second kappa shape index (κ2) is 2.81. The van der Waals surface area contributed by atoms with E-state index in [1.165, 1.54) is 6.07 Å². The van der Waals surface area contributed by atoms with Crippen LogP contribution in [0.5, 0.6) is 0 Å². The average molecular weight is 179 g/mol. The van der Waals surface area contributed by atoms with Gasteiger partial charge in [-0.3, -0.25) is 0 Å². The highest BCUT2D eigenvalue weighted by Crippen LogP contribution is 2.16. The minimum Gasteiger partial charge on any atom is -0.334 e. The summed E-state index contributed by atoms with van der Waals surface area (Å²) in [6, 6.07) is 3.15. The van der Waals surface area contributed by atoms with Crippen LogP contribution in [0.3, 0.4) is 0 Å². The predicted molar refractivity (Wildman–Crippen MR) is 48.6 cm³/mol. The van der Waals surface area contributed by atoms with Crippen LogP contribution < -0.4 is 5.73 Å². The van der Waals surface area contributed by atoms with Crippen LogP contribution in [0.1, 0.15) is 5.56 Å². The fourth-order valence-corrected chi connectivity index (χ4v) is 1.35. The molecule has 0 bridgehead atoms. The highest BCUT2D eigenvalue weighted by atomic mass is 19.1. The van der Waals surface area contributed by atoms with Crippen molar-refractivity contribution in [1.29, 1.82) is 0 Å². The van der Waals surface area contributed by atoms with Crippen molar-refractivity contribution in [3.8, 4) is 0 Å². The van der Waals surface area contributed by atoms with Gasteiger partial charge in [0.25, 0.3) is 0 Å². The van der Waals surface area contributed by atoms with Gasteiger partial charge in [0, 0.05) is 25.2 Å². The van der Waals surface area contributed by atoms with Gasteiger partial charge in [0.2, 0.25) is 0 Å². The lowest BCUT2D eigenvalue weighted by Crippen LogP contribution is -1.99. The molecule has 1 aromatic heterocycles. The van der Waals surface area contributed by atoms with E-state index in [4.69, 9.17) is 5.73 Å². The van der Waals surface area contributed by atoms with Crippen LogP contribution in [-0.4, -0.2) is 9.55 Å². The van der Waals surface area contributed by atoms with E-state index in [-0.39, 0.29) is 12.4 Å². The van der Waals surface area contributed by atoms with Gasteiger partial charge in [-0.15, -0.1) is 0 Å². The fraction of sp³-hybridized carbons (Fsp3) is 0.222. The number of nitrogens with zero attached hydrogens (tertiary/aromatic N) is 2. The highest BCUT2D eigenvalue weighted by molar-refractivity contribution is 5.76. The molecule has 2 rings (SSSR count). The lowest BCUT2D eigenvalue weighted by Gasteiger charge is -2.00. The zero-order valence-corrected chi connectivity index (χ0v) is 7.29. The van der Waals surface area contributed by atoms with E-state index in [2.05, 4.69) is 4.98 Å². The summed E-state index contributed by atoms with van der Waals surface area (Å²) >= 11 is 0. The Hall–Kier alpha value is -1.42. The second-order valence-electron chi connectivity index (χ2n) is 2.99. The number of fused-ring (bicyclic) bond motifs is 1. The summed E-state index contributed by atoms with van der Waals surface area (Å²) < 4.78 is 15.0. The molecular weight excluding hydrogens is 169 g/mol. The molecule has 0 unspecified atom stereocenters. The Morgan fingerprint density at radius 2 is 2.31 bits per heavy atom. The van der Waals surface area contributed by atoms with Gasteiger partial charge < -0.3 is 10.3 Å². The molecule has 0 atom stereocenters. The van der Waals surface area contributed by atoms with Gasteiger partial charge in [-0.1, -0.05) is 0 Å². The number of hydrogen-bond acceptors (Lipinski definition) is 2. The van der Waals surface area contributed by atoms with Crippen LogP contribution in [0.25, 0.3) is 11.0 Å². The van der Waals surface area contributed by atoms with Crippen molar-refractivity contribution < 1.29 is 4.39 Å². The Morgan fingerprint density at radius 1 is 1.54 bits per heavy atom. The first-order chi connectivity index (χ1) is 6.22. The second-order valence-corrected chi connectivity index (χ2v) is 2.99. The summed E-state index contributed by atoms with van der Waals surface area (Å²) in [6.07, 6.45) is 1.66. The third-order valence-electron chi connectivity index (χ3n) is 2.11. The van der Waals surface area contributed by atoms with Crippen molar-refractivity contribution in [2.24, 2.45) is 12.8 Å². The lowest BCUT2D eigenvalue weighted by atomic mass is 10.2. The van der Waals surface area contributed by atoms with E-state index in [1.807, 2.05) is 7.05 Å². The largest absolute Gasteiger partial charge is 0.334 e. The quantitative estimate of drug-likeness (QED) is 0.714.